The third-order valence-electron chi connectivity index (χ3n) is 4.68. The molecule has 0 unspecified atom stereocenters. The molecule has 1 fully saturated rings. The third-order valence-corrected chi connectivity index (χ3v) is 4.68. The first-order chi connectivity index (χ1) is 13.0. The molecule has 0 saturated carbocycles. The van der Waals surface area contributed by atoms with Crippen LogP contribution in [0.4, 0.5) is 4.39 Å². The van der Waals surface area contributed by atoms with Crippen molar-refractivity contribution >= 4 is 28.7 Å². The molecule has 7 nitrogen and oxygen atoms in total. The lowest BCUT2D eigenvalue weighted by Gasteiger charge is -2.16. The number of benzene rings is 1. The Bertz CT molecular complexity index is 864. The molecular weight excluding hydrogens is 353 g/mol. The zero-order valence-corrected chi connectivity index (χ0v) is 15.1. The number of hydrogen-bond donors (Lipinski definition) is 2. The molecule has 144 valence electrons. The molecule has 27 heavy (non-hydrogen) atoms. The van der Waals surface area contributed by atoms with E-state index < -0.39 is 11.9 Å². The van der Waals surface area contributed by atoms with Crippen LogP contribution in [0.5, 0.6) is 0 Å². The van der Waals surface area contributed by atoms with Gasteiger partial charge in [0.2, 0.25) is 11.8 Å². The van der Waals surface area contributed by atoms with Crippen LogP contribution < -0.4 is 5.32 Å². The normalized spacial score (nSPS) is 16.7. The summed E-state index contributed by atoms with van der Waals surface area (Å²) in [4.78, 5) is 40.4. The van der Waals surface area contributed by atoms with Crippen molar-refractivity contribution in [2.45, 2.75) is 19.8 Å². The number of amides is 2. The van der Waals surface area contributed by atoms with E-state index in [-0.39, 0.29) is 37.2 Å². The standard InChI is InChI=1S/C19H22FN3O4/c1-2-27-18(25)10-22-19(26)13-7-17(24)23(11-13)6-5-12-9-21-16-4-3-14(20)8-15(12)16/h3-4,8-9,13,21H,2,5-7,10-11H2,1H3,(H,22,26)/t13-/m1/s1. The molecular formula is C19H22FN3O4. The van der Waals surface area contributed by atoms with E-state index in [0.29, 0.717) is 19.5 Å². The highest BCUT2D eigenvalue weighted by molar-refractivity contribution is 5.90. The fraction of sp³-hybridized carbons (Fsp3) is 0.421. The zero-order chi connectivity index (χ0) is 19.4. The van der Waals surface area contributed by atoms with Gasteiger partial charge in [0.15, 0.2) is 0 Å². The first-order valence-corrected chi connectivity index (χ1v) is 8.94. The van der Waals surface area contributed by atoms with Gasteiger partial charge in [0, 0.05) is 36.6 Å². The van der Waals surface area contributed by atoms with Crippen LogP contribution in [0.2, 0.25) is 0 Å². The summed E-state index contributed by atoms with van der Waals surface area (Å²) in [6.07, 6.45) is 2.50. The summed E-state index contributed by atoms with van der Waals surface area (Å²) in [7, 11) is 0. The molecule has 0 radical (unpaired) electrons. The monoisotopic (exact) mass is 375 g/mol. The van der Waals surface area contributed by atoms with Gasteiger partial charge in [-0.1, -0.05) is 0 Å². The van der Waals surface area contributed by atoms with Gasteiger partial charge < -0.3 is 19.9 Å². The Morgan fingerprint density at radius 3 is 3.00 bits per heavy atom. The van der Waals surface area contributed by atoms with E-state index in [1.54, 1.807) is 17.9 Å². The summed E-state index contributed by atoms with van der Waals surface area (Å²) in [5.74, 6) is -1.71. The van der Waals surface area contributed by atoms with Crippen LogP contribution in [0.1, 0.15) is 18.9 Å². The number of fused-ring (bicyclic) bond motifs is 1. The van der Waals surface area contributed by atoms with E-state index in [9.17, 15) is 18.8 Å². The van der Waals surface area contributed by atoms with Crippen LogP contribution in [0.3, 0.4) is 0 Å². The molecule has 1 aromatic heterocycles. The second kappa shape index (κ2) is 8.20. The Labute approximate surface area is 155 Å². The van der Waals surface area contributed by atoms with Gasteiger partial charge in [-0.2, -0.15) is 0 Å². The van der Waals surface area contributed by atoms with E-state index in [4.69, 9.17) is 4.74 Å². The topological polar surface area (TPSA) is 91.5 Å². The second-order valence-electron chi connectivity index (χ2n) is 6.52. The van der Waals surface area contributed by atoms with Crippen LogP contribution >= 0.6 is 0 Å². The first kappa shape index (κ1) is 18.9. The summed E-state index contributed by atoms with van der Waals surface area (Å²) in [6, 6.07) is 4.55. The maximum absolute atomic E-state index is 13.5. The first-order valence-electron chi connectivity index (χ1n) is 8.94. The van der Waals surface area contributed by atoms with Gasteiger partial charge in [0.1, 0.15) is 12.4 Å². The minimum atomic E-state index is -0.501. The lowest BCUT2D eigenvalue weighted by molar-refractivity contribution is -0.143. The molecule has 1 aromatic carbocycles. The Morgan fingerprint density at radius 1 is 1.41 bits per heavy atom. The number of nitrogens with zero attached hydrogens (tertiary/aromatic N) is 1. The van der Waals surface area contributed by atoms with Gasteiger partial charge in [-0.25, -0.2) is 4.39 Å². The minimum absolute atomic E-state index is 0.0997. The Hall–Kier alpha value is -2.90. The van der Waals surface area contributed by atoms with Gasteiger partial charge in [-0.3, -0.25) is 14.4 Å². The maximum Gasteiger partial charge on any atom is 0.325 e. The SMILES string of the molecule is CCOC(=O)CNC(=O)[C@@H]1CC(=O)N(CCc2c[nH]c3ccc(F)cc23)C1. The van der Waals surface area contributed by atoms with Crippen LogP contribution in [-0.4, -0.2) is 53.9 Å². The van der Waals surface area contributed by atoms with Gasteiger partial charge in [-0.15, -0.1) is 0 Å². The van der Waals surface area contributed by atoms with Gasteiger partial charge >= 0.3 is 5.97 Å². The molecule has 0 aliphatic carbocycles. The predicted octanol–water partition coefficient (Wildman–Crippen LogP) is 1.38. The average molecular weight is 375 g/mol. The number of esters is 1. The summed E-state index contributed by atoms with van der Waals surface area (Å²) < 4.78 is 18.2. The number of H-pyrrole nitrogens is 1. The summed E-state index contributed by atoms with van der Waals surface area (Å²) in [5, 5.41) is 3.31. The predicted molar refractivity (Wildman–Crippen MR) is 96.3 cm³/mol. The molecule has 1 aliphatic heterocycles. The second-order valence-corrected chi connectivity index (χ2v) is 6.52. The molecule has 3 rings (SSSR count). The smallest absolute Gasteiger partial charge is 0.325 e. The zero-order valence-electron chi connectivity index (χ0n) is 15.1. The molecule has 1 atom stereocenters. The van der Waals surface area contributed by atoms with Crippen molar-refractivity contribution in [3.63, 3.8) is 0 Å². The Balaban J connectivity index is 1.54. The molecule has 2 aromatic rings. The Morgan fingerprint density at radius 2 is 2.22 bits per heavy atom. The summed E-state index contributed by atoms with van der Waals surface area (Å²) in [5.41, 5.74) is 1.77. The lowest BCUT2D eigenvalue weighted by atomic mass is 10.1. The van der Waals surface area contributed by atoms with E-state index in [1.165, 1.54) is 12.1 Å². The number of likely N-dealkylation sites (tertiary alicyclic amines) is 1. The van der Waals surface area contributed by atoms with Crippen LogP contribution in [0.25, 0.3) is 10.9 Å². The molecule has 2 N–H and O–H groups in total. The number of carbonyl (C=O) groups is 3. The number of halogens is 1. The number of carbonyl (C=O) groups excluding carboxylic acids is 3. The number of hydrogen-bond acceptors (Lipinski definition) is 4. The molecule has 2 amide bonds. The average Bonchev–Trinajstić information content (AvgIpc) is 3.21. The number of ether oxygens (including phenoxy) is 1. The molecule has 1 aliphatic rings. The largest absolute Gasteiger partial charge is 0.465 e. The van der Waals surface area contributed by atoms with Crippen molar-refractivity contribution in [3.8, 4) is 0 Å². The minimum Gasteiger partial charge on any atom is -0.465 e. The lowest BCUT2D eigenvalue weighted by Crippen LogP contribution is -2.36. The van der Waals surface area contributed by atoms with E-state index in [1.807, 2.05) is 6.20 Å². The van der Waals surface area contributed by atoms with Gasteiger partial charge in [-0.05, 0) is 37.1 Å². The summed E-state index contributed by atoms with van der Waals surface area (Å²) >= 11 is 0. The van der Waals surface area contributed by atoms with Crippen molar-refractivity contribution < 1.29 is 23.5 Å². The quantitative estimate of drug-likeness (QED) is 0.715. The van der Waals surface area contributed by atoms with Gasteiger partial charge in [0.25, 0.3) is 0 Å². The summed E-state index contributed by atoms with van der Waals surface area (Å²) in [6.45, 7) is 2.50. The van der Waals surface area contributed by atoms with E-state index >= 15 is 0 Å². The van der Waals surface area contributed by atoms with Crippen molar-refractivity contribution in [1.29, 1.82) is 0 Å². The van der Waals surface area contributed by atoms with Crippen LogP contribution in [0.15, 0.2) is 24.4 Å². The van der Waals surface area contributed by atoms with Crippen LogP contribution in [0, 0.1) is 11.7 Å². The number of aromatic nitrogens is 1. The number of aromatic amines is 1. The van der Waals surface area contributed by atoms with Crippen molar-refractivity contribution in [2.75, 3.05) is 26.2 Å². The highest BCUT2D eigenvalue weighted by Crippen LogP contribution is 2.22. The Kier molecular flexibility index (Phi) is 5.73. The van der Waals surface area contributed by atoms with Crippen molar-refractivity contribution in [3.05, 3.63) is 35.8 Å². The molecule has 0 spiro atoms. The van der Waals surface area contributed by atoms with Crippen molar-refractivity contribution in [2.24, 2.45) is 5.92 Å². The van der Waals surface area contributed by atoms with Crippen molar-refractivity contribution in [1.82, 2.24) is 15.2 Å². The molecule has 1 saturated heterocycles. The van der Waals surface area contributed by atoms with E-state index in [2.05, 4.69) is 10.3 Å². The molecule has 8 heteroatoms. The maximum atomic E-state index is 13.5. The molecule has 2 heterocycles. The van der Waals surface area contributed by atoms with E-state index in [0.717, 1.165) is 16.5 Å². The number of nitrogens with one attached hydrogen (secondary N) is 2. The highest BCUT2D eigenvalue weighted by Gasteiger charge is 2.34. The van der Waals surface area contributed by atoms with Gasteiger partial charge in [0.05, 0.1) is 12.5 Å². The van der Waals surface area contributed by atoms with Crippen LogP contribution in [-0.2, 0) is 25.5 Å². The highest BCUT2D eigenvalue weighted by atomic mass is 19.1. The molecule has 0 bridgehead atoms. The fourth-order valence-electron chi connectivity index (χ4n) is 3.29. The third kappa shape index (κ3) is 4.45. The fourth-order valence-corrected chi connectivity index (χ4v) is 3.29. The number of rotatable bonds is 7.